The topological polar surface area (TPSA) is 21.3 Å². The van der Waals surface area contributed by atoms with Gasteiger partial charge in [-0.25, -0.2) is 0 Å². The summed E-state index contributed by atoms with van der Waals surface area (Å²) in [6, 6.07) is 16.8. The highest BCUT2D eigenvalue weighted by Crippen LogP contribution is 2.24. The van der Waals surface area contributed by atoms with Gasteiger partial charge in [0.25, 0.3) is 0 Å². The first-order valence-electron chi connectivity index (χ1n) is 6.77. The molecule has 0 bridgehead atoms. The molecule has 0 aliphatic rings. The molecule has 0 aliphatic carbocycles. The minimum absolute atomic E-state index is 0.895. The second-order valence-corrected chi connectivity index (χ2v) is 4.61. The standard InChI is InChI=1S/C17H21NO/c1-3-10-18-13-14-6-4-7-15(11-14)16-8-5-9-17(12-16)19-2/h4-9,11-12,18H,3,10,13H2,1-2H3. The van der Waals surface area contributed by atoms with Crippen LogP contribution in [0.15, 0.2) is 48.5 Å². The number of nitrogens with one attached hydrogen (secondary N) is 1. The Hall–Kier alpha value is -1.80. The maximum Gasteiger partial charge on any atom is 0.119 e. The molecule has 0 saturated carbocycles. The molecule has 0 amide bonds. The van der Waals surface area contributed by atoms with Crippen LogP contribution in [0.25, 0.3) is 11.1 Å². The van der Waals surface area contributed by atoms with E-state index in [2.05, 4.69) is 48.6 Å². The van der Waals surface area contributed by atoms with Crippen LogP contribution in [-0.4, -0.2) is 13.7 Å². The van der Waals surface area contributed by atoms with Crippen molar-refractivity contribution in [3.63, 3.8) is 0 Å². The molecule has 1 N–H and O–H groups in total. The van der Waals surface area contributed by atoms with Crippen molar-refractivity contribution in [2.45, 2.75) is 19.9 Å². The van der Waals surface area contributed by atoms with Gasteiger partial charge in [0.2, 0.25) is 0 Å². The van der Waals surface area contributed by atoms with Crippen LogP contribution in [0.2, 0.25) is 0 Å². The largest absolute Gasteiger partial charge is 0.497 e. The highest BCUT2D eigenvalue weighted by Gasteiger charge is 2.01. The van der Waals surface area contributed by atoms with Gasteiger partial charge in [-0.2, -0.15) is 0 Å². The Morgan fingerprint density at radius 3 is 2.47 bits per heavy atom. The van der Waals surface area contributed by atoms with Gasteiger partial charge in [0.15, 0.2) is 0 Å². The molecule has 2 aromatic rings. The summed E-state index contributed by atoms with van der Waals surface area (Å²) in [4.78, 5) is 0. The predicted molar refractivity (Wildman–Crippen MR) is 80.4 cm³/mol. The van der Waals surface area contributed by atoms with E-state index in [0.717, 1.165) is 25.3 Å². The zero-order chi connectivity index (χ0) is 13.5. The number of rotatable bonds is 6. The number of hydrogen-bond donors (Lipinski definition) is 1. The first kappa shape index (κ1) is 13.6. The highest BCUT2D eigenvalue weighted by molar-refractivity contribution is 5.65. The van der Waals surface area contributed by atoms with Gasteiger partial charge in [-0.3, -0.25) is 0 Å². The third-order valence-corrected chi connectivity index (χ3v) is 3.09. The molecule has 19 heavy (non-hydrogen) atoms. The molecule has 0 unspecified atom stereocenters. The molecule has 0 aromatic heterocycles. The van der Waals surface area contributed by atoms with Gasteiger partial charge in [0.1, 0.15) is 5.75 Å². The van der Waals surface area contributed by atoms with Crippen LogP contribution < -0.4 is 10.1 Å². The monoisotopic (exact) mass is 255 g/mol. The number of hydrogen-bond acceptors (Lipinski definition) is 2. The average Bonchev–Trinajstić information content (AvgIpc) is 2.48. The van der Waals surface area contributed by atoms with Crippen LogP contribution in [0.5, 0.6) is 5.75 Å². The summed E-state index contributed by atoms with van der Waals surface area (Å²) >= 11 is 0. The van der Waals surface area contributed by atoms with Gasteiger partial charge >= 0.3 is 0 Å². The summed E-state index contributed by atoms with van der Waals surface area (Å²) in [5, 5.41) is 3.43. The van der Waals surface area contributed by atoms with E-state index in [9.17, 15) is 0 Å². The van der Waals surface area contributed by atoms with Crippen LogP contribution in [0.4, 0.5) is 0 Å². The zero-order valence-corrected chi connectivity index (χ0v) is 11.6. The van der Waals surface area contributed by atoms with E-state index in [4.69, 9.17) is 4.74 Å². The van der Waals surface area contributed by atoms with Gasteiger partial charge in [-0.1, -0.05) is 37.3 Å². The van der Waals surface area contributed by atoms with Crippen molar-refractivity contribution in [1.29, 1.82) is 0 Å². The lowest BCUT2D eigenvalue weighted by Gasteiger charge is -2.08. The van der Waals surface area contributed by atoms with Gasteiger partial charge in [0, 0.05) is 6.54 Å². The van der Waals surface area contributed by atoms with Crippen molar-refractivity contribution >= 4 is 0 Å². The Morgan fingerprint density at radius 2 is 1.74 bits per heavy atom. The van der Waals surface area contributed by atoms with Crippen molar-refractivity contribution in [2.24, 2.45) is 0 Å². The van der Waals surface area contributed by atoms with Crippen LogP contribution in [0.1, 0.15) is 18.9 Å². The van der Waals surface area contributed by atoms with Gasteiger partial charge in [-0.05, 0) is 47.9 Å². The number of benzene rings is 2. The third kappa shape index (κ3) is 3.83. The molecule has 2 nitrogen and oxygen atoms in total. The molecular weight excluding hydrogens is 234 g/mol. The van der Waals surface area contributed by atoms with Crippen molar-refractivity contribution in [2.75, 3.05) is 13.7 Å². The van der Waals surface area contributed by atoms with E-state index in [1.807, 2.05) is 12.1 Å². The zero-order valence-electron chi connectivity index (χ0n) is 11.6. The third-order valence-electron chi connectivity index (χ3n) is 3.09. The van der Waals surface area contributed by atoms with E-state index in [1.54, 1.807) is 7.11 Å². The molecule has 0 aliphatic heterocycles. The van der Waals surface area contributed by atoms with Crippen molar-refractivity contribution < 1.29 is 4.74 Å². The summed E-state index contributed by atoms with van der Waals surface area (Å²) in [5.41, 5.74) is 3.74. The minimum Gasteiger partial charge on any atom is -0.497 e. The van der Waals surface area contributed by atoms with E-state index in [1.165, 1.54) is 16.7 Å². The van der Waals surface area contributed by atoms with E-state index >= 15 is 0 Å². The molecule has 0 fully saturated rings. The normalized spacial score (nSPS) is 10.4. The van der Waals surface area contributed by atoms with Crippen molar-refractivity contribution in [1.82, 2.24) is 5.32 Å². The summed E-state index contributed by atoms with van der Waals surface area (Å²) in [7, 11) is 1.70. The molecule has 2 aromatic carbocycles. The second kappa shape index (κ2) is 6.95. The Kier molecular flexibility index (Phi) is 4.99. The second-order valence-electron chi connectivity index (χ2n) is 4.61. The lowest BCUT2D eigenvalue weighted by atomic mass is 10.0. The average molecular weight is 255 g/mol. The first-order chi connectivity index (χ1) is 9.33. The number of ether oxygens (including phenoxy) is 1. The Labute approximate surface area is 115 Å². The van der Waals surface area contributed by atoms with Crippen LogP contribution in [-0.2, 0) is 6.54 Å². The maximum absolute atomic E-state index is 5.27. The molecule has 0 atom stereocenters. The van der Waals surface area contributed by atoms with Gasteiger partial charge < -0.3 is 10.1 Å². The SMILES string of the molecule is CCCNCc1cccc(-c2cccc(OC)c2)c1. The molecule has 0 saturated heterocycles. The number of methoxy groups -OCH3 is 1. The lowest BCUT2D eigenvalue weighted by molar-refractivity contribution is 0.415. The quantitative estimate of drug-likeness (QED) is 0.791. The molecule has 0 heterocycles. The van der Waals surface area contributed by atoms with Crippen LogP contribution >= 0.6 is 0 Å². The molecular formula is C17H21NO. The van der Waals surface area contributed by atoms with E-state index < -0.39 is 0 Å². The predicted octanol–water partition coefficient (Wildman–Crippen LogP) is 3.86. The molecule has 2 rings (SSSR count). The van der Waals surface area contributed by atoms with Crippen molar-refractivity contribution in [3.05, 3.63) is 54.1 Å². The lowest BCUT2D eigenvalue weighted by Crippen LogP contribution is -2.13. The fourth-order valence-electron chi connectivity index (χ4n) is 2.07. The minimum atomic E-state index is 0.895. The van der Waals surface area contributed by atoms with Crippen LogP contribution in [0, 0.1) is 0 Å². The Bertz CT molecular complexity index is 522. The summed E-state index contributed by atoms with van der Waals surface area (Å²) in [6.45, 7) is 4.16. The summed E-state index contributed by atoms with van der Waals surface area (Å²) in [5.74, 6) is 0.895. The Morgan fingerprint density at radius 1 is 1.00 bits per heavy atom. The smallest absolute Gasteiger partial charge is 0.119 e. The van der Waals surface area contributed by atoms with Crippen LogP contribution in [0.3, 0.4) is 0 Å². The summed E-state index contributed by atoms with van der Waals surface area (Å²) < 4.78 is 5.27. The fraction of sp³-hybridized carbons (Fsp3) is 0.294. The van der Waals surface area contributed by atoms with Gasteiger partial charge in [0.05, 0.1) is 7.11 Å². The van der Waals surface area contributed by atoms with E-state index in [0.29, 0.717) is 0 Å². The van der Waals surface area contributed by atoms with Gasteiger partial charge in [-0.15, -0.1) is 0 Å². The van der Waals surface area contributed by atoms with Crippen molar-refractivity contribution in [3.8, 4) is 16.9 Å². The Balaban J connectivity index is 2.17. The molecule has 0 spiro atoms. The highest BCUT2D eigenvalue weighted by atomic mass is 16.5. The maximum atomic E-state index is 5.27. The molecule has 100 valence electrons. The molecule has 0 radical (unpaired) electrons. The summed E-state index contributed by atoms with van der Waals surface area (Å²) in [6.07, 6.45) is 1.16. The molecule has 2 heteroatoms. The fourth-order valence-corrected chi connectivity index (χ4v) is 2.07. The van der Waals surface area contributed by atoms with E-state index in [-0.39, 0.29) is 0 Å². The first-order valence-corrected chi connectivity index (χ1v) is 6.77.